The van der Waals surface area contributed by atoms with Crippen molar-refractivity contribution in [2.45, 2.75) is 19.8 Å². The lowest BCUT2D eigenvalue weighted by molar-refractivity contribution is -0.116. The Hall–Kier alpha value is -3.68. The van der Waals surface area contributed by atoms with E-state index in [2.05, 4.69) is 15.6 Å². The molecule has 2 aromatic carbocycles. The lowest BCUT2D eigenvalue weighted by Gasteiger charge is -2.12. The van der Waals surface area contributed by atoms with Gasteiger partial charge in [0, 0.05) is 25.5 Å². The van der Waals surface area contributed by atoms with Gasteiger partial charge in [-0.1, -0.05) is 12.1 Å². The maximum absolute atomic E-state index is 13.8. The van der Waals surface area contributed by atoms with Gasteiger partial charge in [0.05, 0.1) is 24.6 Å². The van der Waals surface area contributed by atoms with E-state index in [4.69, 9.17) is 9.15 Å². The van der Waals surface area contributed by atoms with E-state index in [9.17, 15) is 14.0 Å². The zero-order valence-electron chi connectivity index (χ0n) is 16.0. The minimum atomic E-state index is -0.404. The van der Waals surface area contributed by atoms with Crippen molar-refractivity contribution in [3.05, 3.63) is 60.4 Å². The SMILES string of the molecule is COc1ccc(NC(C)=O)cc1NC(=O)CCc1ncc(-c2ccccc2F)o1. The molecule has 2 amide bonds. The number of nitrogens with one attached hydrogen (secondary N) is 2. The Morgan fingerprint density at radius 2 is 1.97 bits per heavy atom. The molecule has 3 rings (SSSR count). The average molecular weight is 397 g/mol. The highest BCUT2D eigenvalue weighted by Crippen LogP contribution is 2.28. The Morgan fingerprint density at radius 3 is 2.69 bits per heavy atom. The molecule has 1 heterocycles. The van der Waals surface area contributed by atoms with Gasteiger partial charge in [-0.15, -0.1) is 0 Å². The van der Waals surface area contributed by atoms with Crippen molar-refractivity contribution in [1.82, 2.24) is 4.98 Å². The zero-order chi connectivity index (χ0) is 20.8. The lowest BCUT2D eigenvalue weighted by Crippen LogP contribution is -2.14. The van der Waals surface area contributed by atoms with Gasteiger partial charge in [-0.25, -0.2) is 9.37 Å². The molecule has 0 aliphatic rings. The zero-order valence-corrected chi connectivity index (χ0v) is 16.0. The number of methoxy groups -OCH3 is 1. The van der Waals surface area contributed by atoms with Crippen molar-refractivity contribution in [2.24, 2.45) is 0 Å². The number of carbonyl (C=O) groups excluding carboxylic acids is 2. The average Bonchev–Trinajstić information content (AvgIpc) is 3.15. The standard InChI is InChI=1S/C21H20FN3O4/c1-13(26)24-14-7-8-18(28-2)17(11-14)25-20(27)9-10-21-23-12-19(29-21)15-5-3-4-6-16(15)22/h3-8,11-12H,9-10H2,1-2H3,(H,24,26)(H,25,27). The second-order valence-electron chi connectivity index (χ2n) is 6.24. The first kappa shape index (κ1) is 20.1. The van der Waals surface area contributed by atoms with Gasteiger partial charge < -0.3 is 19.8 Å². The maximum Gasteiger partial charge on any atom is 0.224 e. The number of halogens is 1. The monoisotopic (exact) mass is 397 g/mol. The predicted molar refractivity (Wildman–Crippen MR) is 106 cm³/mol. The van der Waals surface area contributed by atoms with Crippen LogP contribution in [0.5, 0.6) is 5.75 Å². The highest BCUT2D eigenvalue weighted by atomic mass is 19.1. The first-order valence-electron chi connectivity index (χ1n) is 8.91. The van der Waals surface area contributed by atoms with Crippen LogP contribution in [0.1, 0.15) is 19.2 Å². The Kier molecular flexibility index (Phi) is 6.23. The van der Waals surface area contributed by atoms with E-state index in [1.807, 2.05) is 0 Å². The molecule has 0 saturated carbocycles. The van der Waals surface area contributed by atoms with Crippen LogP contribution in [0.3, 0.4) is 0 Å². The van der Waals surface area contributed by atoms with E-state index in [-0.39, 0.29) is 24.7 Å². The van der Waals surface area contributed by atoms with Crippen molar-refractivity contribution in [3.8, 4) is 17.1 Å². The Morgan fingerprint density at radius 1 is 1.17 bits per heavy atom. The van der Waals surface area contributed by atoms with Gasteiger partial charge in [0.2, 0.25) is 11.8 Å². The van der Waals surface area contributed by atoms with Gasteiger partial charge in [-0.05, 0) is 30.3 Å². The van der Waals surface area contributed by atoms with E-state index in [0.29, 0.717) is 34.3 Å². The molecule has 1 aromatic heterocycles. The van der Waals surface area contributed by atoms with Gasteiger partial charge in [-0.2, -0.15) is 0 Å². The van der Waals surface area contributed by atoms with Crippen LogP contribution in [0.4, 0.5) is 15.8 Å². The maximum atomic E-state index is 13.8. The van der Waals surface area contributed by atoms with E-state index >= 15 is 0 Å². The summed E-state index contributed by atoms with van der Waals surface area (Å²) >= 11 is 0. The minimum Gasteiger partial charge on any atom is -0.495 e. The van der Waals surface area contributed by atoms with E-state index in [1.165, 1.54) is 26.3 Å². The molecule has 0 fully saturated rings. The van der Waals surface area contributed by atoms with Crippen molar-refractivity contribution in [1.29, 1.82) is 0 Å². The number of aryl methyl sites for hydroxylation is 1. The summed E-state index contributed by atoms with van der Waals surface area (Å²) in [5.41, 5.74) is 1.29. The van der Waals surface area contributed by atoms with Crippen LogP contribution in [0, 0.1) is 5.82 Å². The summed E-state index contributed by atoms with van der Waals surface area (Å²) in [5, 5.41) is 5.40. The molecule has 8 heteroatoms. The normalized spacial score (nSPS) is 10.4. The molecule has 0 radical (unpaired) electrons. The molecule has 3 aromatic rings. The number of carbonyl (C=O) groups is 2. The van der Waals surface area contributed by atoms with Crippen LogP contribution in [-0.2, 0) is 16.0 Å². The molecule has 0 saturated heterocycles. The molecular weight excluding hydrogens is 377 g/mol. The molecule has 0 bridgehead atoms. The second kappa shape index (κ2) is 9.01. The number of hydrogen-bond acceptors (Lipinski definition) is 5. The molecule has 29 heavy (non-hydrogen) atoms. The Balaban J connectivity index is 1.63. The first-order valence-corrected chi connectivity index (χ1v) is 8.91. The number of oxazole rings is 1. The fourth-order valence-corrected chi connectivity index (χ4v) is 2.73. The van der Waals surface area contributed by atoms with Crippen molar-refractivity contribution >= 4 is 23.2 Å². The number of benzene rings is 2. The molecule has 0 atom stereocenters. The third-order valence-corrected chi connectivity index (χ3v) is 4.05. The van der Waals surface area contributed by atoms with Crippen LogP contribution in [-0.4, -0.2) is 23.9 Å². The Labute approximate surface area is 166 Å². The smallest absolute Gasteiger partial charge is 0.224 e. The van der Waals surface area contributed by atoms with Gasteiger partial charge in [0.25, 0.3) is 0 Å². The van der Waals surface area contributed by atoms with Crippen LogP contribution in [0.15, 0.2) is 53.1 Å². The lowest BCUT2D eigenvalue weighted by atomic mass is 10.2. The van der Waals surface area contributed by atoms with Crippen molar-refractivity contribution in [3.63, 3.8) is 0 Å². The van der Waals surface area contributed by atoms with E-state index in [0.717, 1.165) is 0 Å². The summed E-state index contributed by atoms with van der Waals surface area (Å²) < 4.78 is 24.6. The summed E-state index contributed by atoms with van der Waals surface area (Å²) in [6.45, 7) is 1.40. The topological polar surface area (TPSA) is 93.5 Å². The molecule has 2 N–H and O–H groups in total. The predicted octanol–water partition coefficient (Wildman–Crippen LogP) is 4.02. The second-order valence-corrected chi connectivity index (χ2v) is 6.24. The van der Waals surface area contributed by atoms with Crippen LogP contribution < -0.4 is 15.4 Å². The molecule has 0 aliphatic carbocycles. The molecular formula is C21H20FN3O4. The number of aromatic nitrogens is 1. The summed E-state index contributed by atoms with van der Waals surface area (Å²) in [6, 6.07) is 11.2. The summed E-state index contributed by atoms with van der Waals surface area (Å²) in [5.74, 6) is 0.195. The summed E-state index contributed by atoms with van der Waals surface area (Å²) in [7, 11) is 1.49. The van der Waals surface area contributed by atoms with Crippen LogP contribution >= 0.6 is 0 Å². The number of ether oxygens (including phenoxy) is 1. The van der Waals surface area contributed by atoms with Gasteiger partial charge in [0.1, 0.15) is 11.6 Å². The third-order valence-electron chi connectivity index (χ3n) is 4.05. The van der Waals surface area contributed by atoms with Gasteiger partial charge in [0.15, 0.2) is 11.7 Å². The molecule has 7 nitrogen and oxygen atoms in total. The van der Waals surface area contributed by atoms with Crippen LogP contribution in [0.2, 0.25) is 0 Å². The van der Waals surface area contributed by atoms with Crippen molar-refractivity contribution in [2.75, 3.05) is 17.7 Å². The minimum absolute atomic E-state index is 0.102. The number of rotatable bonds is 7. The van der Waals surface area contributed by atoms with Crippen molar-refractivity contribution < 1.29 is 23.1 Å². The molecule has 0 unspecified atom stereocenters. The summed E-state index contributed by atoms with van der Waals surface area (Å²) in [6.07, 6.45) is 1.78. The number of anilines is 2. The number of amides is 2. The highest BCUT2D eigenvalue weighted by Gasteiger charge is 2.13. The number of nitrogens with zero attached hydrogens (tertiary/aromatic N) is 1. The van der Waals surface area contributed by atoms with E-state index in [1.54, 1.807) is 36.4 Å². The highest BCUT2D eigenvalue weighted by molar-refractivity contribution is 5.95. The molecule has 150 valence electrons. The number of hydrogen-bond donors (Lipinski definition) is 2. The summed E-state index contributed by atoms with van der Waals surface area (Å²) in [4.78, 5) is 27.7. The molecule has 0 aliphatic heterocycles. The van der Waals surface area contributed by atoms with Crippen LogP contribution in [0.25, 0.3) is 11.3 Å². The molecule has 0 spiro atoms. The van der Waals surface area contributed by atoms with Gasteiger partial charge >= 0.3 is 0 Å². The third kappa shape index (κ3) is 5.19. The Bertz CT molecular complexity index is 1030. The first-order chi connectivity index (χ1) is 14.0. The largest absolute Gasteiger partial charge is 0.495 e. The fraction of sp³-hybridized carbons (Fsp3) is 0.190. The van der Waals surface area contributed by atoms with E-state index < -0.39 is 5.82 Å². The fourth-order valence-electron chi connectivity index (χ4n) is 2.73. The van der Waals surface area contributed by atoms with Gasteiger partial charge in [-0.3, -0.25) is 9.59 Å². The quantitative estimate of drug-likeness (QED) is 0.628.